The summed E-state index contributed by atoms with van der Waals surface area (Å²) in [6.45, 7) is -1.61. The monoisotopic (exact) mass is 292 g/mol. The summed E-state index contributed by atoms with van der Waals surface area (Å²) in [5.74, 6) is -5.22. The minimum absolute atomic E-state index is 0. The minimum Gasteiger partial charge on any atom is -0.471 e. The Kier molecular flexibility index (Phi) is 5.75. The van der Waals surface area contributed by atoms with E-state index in [4.69, 9.17) is 5.73 Å². The summed E-state index contributed by atoms with van der Waals surface area (Å²) in [5, 5.41) is 0. The highest BCUT2D eigenvalue weighted by Crippen LogP contribution is 2.35. The number of pyridine rings is 1. The molecule has 0 radical (unpaired) electrons. The number of nitrogens with zero attached hydrogens (tertiary/aromatic N) is 1. The van der Waals surface area contributed by atoms with E-state index in [0.717, 1.165) is 0 Å². The second-order valence-electron chi connectivity index (χ2n) is 3.20. The van der Waals surface area contributed by atoms with Gasteiger partial charge in [0, 0.05) is 18.8 Å². The Balaban J connectivity index is 0.00000289. The SMILES string of the molecule is Cl.NCc1ccc(OCC(F)(F)C(F)(F)F)nc1. The summed E-state index contributed by atoms with van der Waals surface area (Å²) in [5.41, 5.74) is 5.86. The number of nitrogens with two attached hydrogens (primary N) is 1. The lowest BCUT2D eigenvalue weighted by Gasteiger charge is -2.19. The van der Waals surface area contributed by atoms with Crippen LogP contribution in [0.1, 0.15) is 5.56 Å². The van der Waals surface area contributed by atoms with Gasteiger partial charge in [0.05, 0.1) is 0 Å². The van der Waals surface area contributed by atoms with Crippen molar-refractivity contribution in [3.05, 3.63) is 23.9 Å². The van der Waals surface area contributed by atoms with Gasteiger partial charge in [-0.15, -0.1) is 12.4 Å². The van der Waals surface area contributed by atoms with Gasteiger partial charge >= 0.3 is 12.1 Å². The first kappa shape index (κ1) is 16.9. The Morgan fingerprint density at radius 1 is 1.17 bits per heavy atom. The van der Waals surface area contributed by atoms with Crippen LogP contribution in [0.2, 0.25) is 0 Å². The van der Waals surface area contributed by atoms with Crippen LogP contribution in [0.15, 0.2) is 18.3 Å². The zero-order valence-corrected chi connectivity index (χ0v) is 9.69. The van der Waals surface area contributed by atoms with Crippen LogP contribution in [0.4, 0.5) is 22.0 Å². The first-order valence-electron chi connectivity index (χ1n) is 4.48. The maximum absolute atomic E-state index is 12.5. The molecule has 0 aromatic carbocycles. The molecular formula is C9H10ClF5N2O. The molecule has 0 bridgehead atoms. The van der Waals surface area contributed by atoms with Gasteiger partial charge in [0.25, 0.3) is 0 Å². The van der Waals surface area contributed by atoms with E-state index in [1.807, 2.05) is 0 Å². The van der Waals surface area contributed by atoms with E-state index < -0.39 is 18.7 Å². The van der Waals surface area contributed by atoms with E-state index in [9.17, 15) is 22.0 Å². The van der Waals surface area contributed by atoms with Crippen molar-refractivity contribution in [3.8, 4) is 5.88 Å². The maximum atomic E-state index is 12.5. The van der Waals surface area contributed by atoms with E-state index in [2.05, 4.69) is 9.72 Å². The highest BCUT2D eigenvalue weighted by molar-refractivity contribution is 5.85. The molecule has 0 saturated carbocycles. The Hall–Kier alpha value is -1.15. The summed E-state index contributed by atoms with van der Waals surface area (Å²) in [4.78, 5) is 3.53. The van der Waals surface area contributed by atoms with Gasteiger partial charge in [-0.1, -0.05) is 6.07 Å². The first-order valence-corrected chi connectivity index (χ1v) is 4.48. The lowest BCUT2D eigenvalue weighted by molar-refractivity contribution is -0.290. The third-order valence-electron chi connectivity index (χ3n) is 1.85. The quantitative estimate of drug-likeness (QED) is 0.868. The molecule has 104 valence electrons. The molecule has 1 aromatic rings. The van der Waals surface area contributed by atoms with Gasteiger partial charge in [0.15, 0.2) is 6.61 Å². The van der Waals surface area contributed by atoms with Gasteiger partial charge in [-0.3, -0.25) is 0 Å². The van der Waals surface area contributed by atoms with Crippen molar-refractivity contribution in [2.75, 3.05) is 6.61 Å². The number of hydrogen-bond acceptors (Lipinski definition) is 3. The van der Waals surface area contributed by atoms with Crippen LogP contribution in [0.25, 0.3) is 0 Å². The number of aromatic nitrogens is 1. The molecule has 0 spiro atoms. The standard InChI is InChI=1S/C9H9F5N2O.ClH/c10-8(11,9(12,13)14)5-17-7-2-1-6(3-15)4-16-7;/h1-2,4H,3,5,15H2;1H. The fourth-order valence-electron chi connectivity index (χ4n) is 0.863. The molecule has 0 aliphatic heterocycles. The van der Waals surface area contributed by atoms with Crippen LogP contribution in [0.3, 0.4) is 0 Å². The molecule has 3 nitrogen and oxygen atoms in total. The summed E-state index contributed by atoms with van der Waals surface area (Å²) in [6, 6.07) is 2.60. The molecule has 0 atom stereocenters. The normalized spacial score (nSPS) is 11.9. The molecule has 0 saturated heterocycles. The summed E-state index contributed by atoms with van der Waals surface area (Å²) < 4.78 is 64.6. The molecule has 0 unspecified atom stereocenters. The Labute approximate surface area is 106 Å². The van der Waals surface area contributed by atoms with Gasteiger partial charge < -0.3 is 10.5 Å². The Morgan fingerprint density at radius 2 is 1.78 bits per heavy atom. The molecule has 2 N–H and O–H groups in total. The van der Waals surface area contributed by atoms with E-state index >= 15 is 0 Å². The number of halogens is 6. The van der Waals surface area contributed by atoms with Crippen LogP contribution in [0.5, 0.6) is 5.88 Å². The molecule has 1 aromatic heterocycles. The molecule has 9 heteroatoms. The highest BCUT2D eigenvalue weighted by Gasteiger charge is 2.58. The summed E-state index contributed by atoms with van der Waals surface area (Å²) >= 11 is 0. The van der Waals surface area contributed by atoms with Gasteiger partial charge in [-0.2, -0.15) is 22.0 Å². The predicted octanol–water partition coefficient (Wildman–Crippen LogP) is 2.54. The third kappa shape index (κ3) is 4.26. The number of ether oxygens (including phenoxy) is 1. The molecule has 0 aliphatic rings. The largest absolute Gasteiger partial charge is 0.471 e. The molecule has 18 heavy (non-hydrogen) atoms. The average Bonchev–Trinajstić information content (AvgIpc) is 2.25. The van der Waals surface area contributed by atoms with Crippen LogP contribution < -0.4 is 10.5 Å². The summed E-state index contributed by atoms with van der Waals surface area (Å²) in [7, 11) is 0. The lowest BCUT2D eigenvalue weighted by Crippen LogP contribution is -2.41. The van der Waals surface area contributed by atoms with Crippen LogP contribution in [-0.2, 0) is 6.54 Å². The minimum atomic E-state index is -5.63. The van der Waals surface area contributed by atoms with Crippen molar-refractivity contribution in [1.82, 2.24) is 4.98 Å². The van der Waals surface area contributed by atoms with E-state index in [1.54, 1.807) is 0 Å². The zero-order valence-electron chi connectivity index (χ0n) is 8.88. The van der Waals surface area contributed by atoms with Gasteiger partial charge in [0.2, 0.25) is 5.88 Å². The van der Waals surface area contributed by atoms with Gasteiger partial charge in [0.1, 0.15) is 0 Å². The molecular weight excluding hydrogens is 283 g/mol. The fourth-order valence-corrected chi connectivity index (χ4v) is 0.863. The smallest absolute Gasteiger partial charge is 0.456 e. The highest BCUT2D eigenvalue weighted by atomic mass is 35.5. The topological polar surface area (TPSA) is 48.1 Å². The molecule has 0 fully saturated rings. The summed E-state index contributed by atoms with van der Waals surface area (Å²) in [6.07, 6.45) is -4.40. The van der Waals surface area contributed by atoms with Crippen molar-refractivity contribution in [3.63, 3.8) is 0 Å². The number of rotatable bonds is 4. The number of alkyl halides is 5. The van der Waals surface area contributed by atoms with Crippen LogP contribution >= 0.6 is 12.4 Å². The van der Waals surface area contributed by atoms with Crippen molar-refractivity contribution in [2.45, 2.75) is 18.6 Å². The molecule has 1 heterocycles. The van der Waals surface area contributed by atoms with E-state index in [1.165, 1.54) is 18.3 Å². The Morgan fingerprint density at radius 3 is 2.17 bits per heavy atom. The zero-order chi connectivity index (χ0) is 13.1. The average molecular weight is 293 g/mol. The number of hydrogen-bond donors (Lipinski definition) is 1. The van der Waals surface area contributed by atoms with Gasteiger partial charge in [-0.05, 0) is 5.56 Å². The van der Waals surface area contributed by atoms with E-state index in [0.29, 0.717) is 5.56 Å². The third-order valence-corrected chi connectivity index (χ3v) is 1.85. The molecule has 0 aliphatic carbocycles. The van der Waals surface area contributed by atoms with Crippen molar-refractivity contribution < 1.29 is 26.7 Å². The fraction of sp³-hybridized carbons (Fsp3) is 0.444. The van der Waals surface area contributed by atoms with Crippen LogP contribution in [0, 0.1) is 0 Å². The molecule has 0 amide bonds. The van der Waals surface area contributed by atoms with Crippen molar-refractivity contribution in [2.24, 2.45) is 5.73 Å². The molecule has 1 rings (SSSR count). The lowest BCUT2D eigenvalue weighted by atomic mass is 10.3. The second-order valence-corrected chi connectivity index (χ2v) is 3.20. The van der Waals surface area contributed by atoms with Gasteiger partial charge in [-0.25, -0.2) is 4.98 Å². The van der Waals surface area contributed by atoms with Crippen LogP contribution in [-0.4, -0.2) is 23.7 Å². The predicted molar refractivity (Wildman–Crippen MR) is 55.9 cm³/mol. The maximum Gasteiger partial charge on any atom is 0.456 e. The van der Waals surface area contributed by atoms with Crippen molar-refractivity contribution in [1.29, 1.82) is 0 Å². The van der Waals surface area contributed by atoms with Crippen molar-refractivity contribution >= 4 is 12.4 Å². The Bertz CT molecular complexity index is 368. The second kappa shape index (κ2) is 6.14. The van der Waals surface area contributed by atoms with E-state index in [-0.39, 0.29) is 24.8 Å². The first-order chi connectivity index (χ1) is 7.76.